The summed E-state index contributed by atoms with van der Waals surface area (Å²) in [5.41, 5.74) is 5.28. The van der Waals surface area contributed by atoms with Crippen LogP contribution in [0.4, 0.5) is 10.1 Å². The number of methoxy groups -OCH3 is 1. The Bertz CT molecular complexity index is 789. The first-order valence-electron chi connectivity index (χ1n) is 6.55. The average molecular weight is 338 g/mol. The molecule has 8 heteroatoms. The molecule has 6 nitrogen and oxygen atoms in total. The molecule has 0 heterocycles. The zero-order valence-corrected chi connectivity index (χ0v) is 13.1. The van der Waals surface area contributed by atoms with Crippen molar-refractivity contribution in [2.45, 2.75) is 4.90 Å². The Labute approximate surface area is 133 Å². The summed E-state index contributed by atoms with van der Waals surface area (Å²) in [6, 6.07) is 10.4. The number of carbonyl (C=O) groups is 1. The van der Waals surface area contributed by atoms with Crippen molar-refractivity contribution in [2.75, 3.05) is 18.0 Å². The third kappa shape index (κ3) is 3.78. The van der Waals surface area contributed by atoms with Gasteiger partial charge in [0, 0.05) is 0 Å². The van der Waals surface area contributed by atoms with Gasteiger partial charge in [-0.05, 0) is 48.5 Å². The average Bonchev–Trinajstić information content (AvgIpc) is 2.53. The fourth-order valence-corrected chi connectivity index (χ4v) is 3.37. The van der Waals surface area contributed by atoms with Gasteiger partial charge in [-0.25, -0.2) is 12.8 Å². The van der Waals surface area contributed by atoms with Gasteiger partial charge in [-0.1, -0.05) is 0 Å². The number of rotatable bonds is 6. The topological polar surface area (TPSA) is 89.7 Å². The van der Waals surface area contributed by atoms with E-state index < -0.39 is 28.3 Å². The smallest absolute Gasteiger partial charge is 0.264 e. The molecule has 0 unspecified atom stereocenters. The first-order valence-corrected chi connectivity index (χ1v) is 7.99. The van der Waals surface area contributed by atoms with Crippen molar-refractivity contribution in [1.82, 2.24) is 0 Å². The Morgan fingerprint density at radius 1 is 1.13 bits per heavy atom. The van der Waals surface area contributed by atoms with Crippen LogP contribution in [0.15, 0.2) is 53.4 Å². The molecule has 0 bridgehead atoms. The van der Waals surface area contributed by atoms with Crippen molar-refractivity contribution in [1.29, 1.82) is 0 Å². The summed E-state index contributed by atoms with van der Waals surface area (Å²) in [6.07, 6.45) is 0. The molecule has 2 aromatic carbocycles. The van der Waals surface area contributed by atoms with Crippen molar-refractivity contribution < 1.29 is 22.3 Å². The van der Waals surface area contributed by atoms with E-state index >= 15 is 0 Å². The van der Waals surface area contributed by atoms with Gasteiger partial charge in [-0.3, -0.25) is 9.10 Å². The van der Waals surface area contributed by atoms with Gasteiger partial charge in [0.2, 0.25) is 5.91 Å². The molecule has 0 radical (unpaired) electrons. The molecule has 2 N–H and O–H groups in total. The maximum Gasteiger partial charge on any atom is 0.264 e. The maximum atomic E-state index is 13.0. The van der Waals surface area contributed by atoms with E-state index in [4.69, 9.17) is 10.5 Å². The van der Waals surface area contributed by atoms with Crippen LogP contribution < -0.4 is 14.8 Å². The van der Waals surface area contributed by atoms with E-state index in [2.05, 4.69) is 0 Å². The van der Waals surface area contributed by atoms with E-state index in [1.807, 2.05) is 0 Å². The maximum absolute atomic E-state index is 13.0. The number of amides is 1. The number of nitrogens with zero attached hydrogens (tertiary/aromatic N) is 1. The summed E-state index contributed by atoms with van der Waals surface area (Å²) in [5.74, 6) is -0.854. The summed E-state index contributed by atoms with van der Waals surface area (Å²) >= 11 is 0. The molecule has 0 aliphatic heterocycles. The Kier molecular flexibility index (Phi) is 4.85. The summed E-state index contributed by atoms with van der Waals surface area (Å²) < 4.78 is 44.3. The number of primary amides is 1. The highest BCUT2D eigenvalue weighted by Crippen LogP contribution is 2.25. The minimum atomic E-state index is -4.03. The molecule has 122 valence electrons. The lowest BCUT2D eigenvalue weighted by molar-refractivity contribution is -0.116. The van der Waals surface area contributed by atoms with E-state index in [1.54, 1.807) is 0 Å². The van der Waals surface area contributed by atoms with Gasteiger partial charge in [0.05, 0.1) is 17.7 Å². The van der Waals surface area contributed by atoms with Crippen molar-refractivity contribution >= 4 is 21.6 Å². The number of halogens is 1. The lowest BCUT2D eigenvalue weighted by Crippen LogP contribution is -2.38. The SMILES string of the molecule is COc1ccc(S(=O)(=O)N(CC(N)=O)c2ccc(F)cc2)cc1. The molecule has 2 aromatic rings. The van der Waals surface area contributed by atoms with Gasteiger partial charge in [0.15, 0.2) is 0 Å². The molecule has 0 fully saturated rings. The third-order valence-electron chi connectivity index (χ3n) is 3.06. The molecule has 23 heavy (non-hydrogen) atoms. The Balaban J connectivity index is 2.47. The highest BCUT2D eigenvalue weighted by atomic mass is 32.2. The van der Waals surface area contributed by atoms with E-state index in [0.717, 1.165) is 16.4 Å². The fourth-order valence-electron chi connectivity index (χ4n) is 1.94. The molecule has 0 saturated carbocycles. The quantitative estimate of drug-likeness (QED) is 0.864. The second-order valence-corrected chi connectivity index (χ2v) is 6.49. The molecule has 0 saturated heterocycles. The number of hydrogen-bond acceptors (Lipinski definition) is 4. The Morgan fingerprint density at radius 2 is 1.70 bits per heavy atom. The van der Waals surface area contributed by atoms with Crippen LogP contribution in [0, 0.1) is 5.82 Å². The summed E-state index contributed by atoms with van der Waals surface area (Å²) in [7, 11) is -2.57. The predicted molar refractivity (Wildman–Crippen MR) is 83.1 cm³/mol. The largest absolute Gasteiger partial charge is 0.497 e. The van der Waals surface area contributed by atoms with Gasteiger partial charge in [0.25, 0.3) is 10.0 Å². The monoisotopic (exact) mass is 338 g/mol. The Morgan fingerprint density at radius 3 is 2.17 bits per heavy atom. The molecule has 0 aromatic heterocycles. The number of nitrogens with two attached hydrogens (primary N) is 1. The van der Waals surface area contributed by atoms with Gasteiger partial charge in [0.1, 0.15) is 18.1 Å². The molecule has 0 atom stereocenters. The molecule has 2 rings (SSSR count). The highest BCUT2D eigenvalue weighted by Gasteiger charge is 2.26. The van der Waals surface area contributed by atoms with Crippen LogP contribution in [0.1, 0.15) is 0 Å². The van der Waals surface area contributed by atoms with Gasteiger partial charge in [-0.15, -0.1) is 0 Å². The van der Waals surface area contributed by atoms with Crippen molar-refractivity contribution in [3.8, 4) is 5.75 Å². The van der Waals surface area contributed by atoms with Crippen LogP contribution in [-0.4, -0.2) is 28.0 Å². The lowest BCUT2D eigenvalue weighted by atomic mass is 10.3. The summed E-state index contributed by atoms with van der Waals surface area (Å²) in [4.78, 5) is 11.2. The van der Waals surface area contributed by atoms with Gasteiger partial charge < -0.3 is 10.5 Å². The second kappa shape index (κ2) is 6.66. The van der Waals surface area contributed by atoms with E-state index in [0.29, 0.717) is 5.75 Å². The van der Waals surface area contributed by atoms with Crippen molar-refractivity contribution in [3.63, 3.8) is 0 Å². The zero-order valence-electron chi connectivity index (χ0n) is 12.3. The molecule has 0 aliphatic carbocycles. The van der Waals surface area contributed by atoms with Gasteiger partial charge in [-0.2, -0.15) is 0 Å². The first-order chi connectivity index (χ1) is 10.8. The number of ether oxygens (including phenoxy) is 1. The molecule has 1 amide bonds. The summed E-state index contributed by atoms with van der Waals surface area (Å²) in [6.45, 7) is -0.556. The minimum Gasteiger partial charge on any atom is -0.497 e. The fraction of sp³-hybridized carbons (Fsp3) is 0.133. The molecule has 0 aliphatic rings. The zero-order chi connectivity index (χ0) is 17.0. The van der Waals surface area contributed by atoms with Crippen LogP contribution in [0.5, 0.6) is 5.75 Å². The number of benzene rings is 2. The third-order valence-corrected chi connectivity index (χ3v) is 4.85. The number of hydrogen-bond donors (Lipinski definition) is 1. The van der Waals surface area contributed by atoms with Crippen LogP contribution in [0.3, 0.4) is 0 Å². The van der Waals surface area contributed by atoms with Gasteiger partial charge >= 0.3 is 0 Å². The molecular weight excluding hydrogens is 323 g/mol. The first kappa shape index (κ1) is 16.8. The number of anilines is 1. The second-order valence-electron chi connectivity index (χ2n) is 4.63. The van der Waals surface area contributed by atoms with Crippen molar-refractivity contribution in [3.05, 3.63) is 54.3 Å². The summed E-state index contributed by atoms with van der Waals surface area (Å²) in [5, 5.41) is 0. The Hall–Kier alpha value is -2.61. The van der Waals surface area contributed by atoms with Crippen LogP contribution in [0.2, 0.25) is 0 Å². The van der Waals surface area contributed by atoms with Crippen LogP contribution >= 0.6 is 0 Å². The molecule has 0 spiro atoms. The molecular formula is C15H15FN2O4S. The number of carbonyl (C=O) groups excluding carboxylic acids is 1. The van der Waals surface area contributed by atoms with E-state index in [1.165, 1.54) is 43.5 Å². The minimum absolute atomic E-state index is 0.0381. The van der Waals surface area contributed by atoms with Crippen molar-refractivity contribution in [2.24, 2.45) is 5.73 Å². The predicted octanol–water partition coefficient (Wildman–Crippen LogP) is 1.51. The highest BCUT2D eigenvalue weighted by molar-refractivity contribution is 7.92. The standard InChI is InChI=1S/C15H15FN2O4S/c1-22-13-6-8-14(9-7-13)23(20,21)18(10-15(17)19)12-4-2-11(16)3-5-12/h2-9H,10H2,1H3,(H2,17,19). The number of sulfonamides is 1. The normalized spacial score (nSPS) is 11.0. The van der Waals surface area contributed by atoms with Crippen LogP contribution in [-0.2, 0) is 14.8 Å². The van der Waals surface area contributed by atoms with Crippen LogP contribution in [0.25, 0.3) is 0 Å². The van der Waals surface area contributed by atoms with E-state index in [9.17, 15) is 17.6 Å². The lowest BCUT2D eigenvalue weighted by Gasteiger charge is -2.23. The van der Waals surface area contributed by atoms with E-state index in [-0.39, 0.29) is 10.6 Å².